The molecule has 0 saturated carbocycles. The molecule has 8 nitrogen and oxygen atoms in total. The zero-order valence-electron chi connectivity index (χ0n) is 13.1. The second-order valence-corrected chi connectivity index (χ2v) is 5.41. The highest BCUT2D eigenvalue weighted by molar-refractivity contribution is 5.88. The summed E-state index contributed by atoms with van der Waals surface area (Å²) in [5.74, 6) is 0.356. The Bertz CT molecular complexity index is 784. The van der Waals surface area contributed by atoms with Crippen molar-refractivity contribution in [3.63, 3.8) is 0 Å². The van der Waals surface area contributed by atoms with Crippen molar-refractivity contribution >= 4 is 18.1 Å². The second-order valence-electron chi connectivity index (χ2n) is 5.41. The van der Waals surface area contributed by atoms with Crippen LogP contribution >= 0.6 is 0 Å². The molecule has 8 heteroatoms. The number of aromatic nitrogens is 2. The van der Waals surface area contributed by atoms with Gasteiger partial charge in [-0.3, -0.25) is 4.99 Å². The Labute approximate surface area is 138 Å². The number of aliphatic hydroxyl groups is 1. The maximum absolute atomic E-state index is 11.1. The summed E-state index contributed by atoms with van der Waals surface area (Å²) in [6.07, 6.45) is 3.01. The minimum absolute atomic E-state index is 0.218. The Balaban J connectivity index is 1.83. The van der Waals surface area contributed by atoms with Crippen LogP contribution in [-0.4, -0.2) is 45.7 Å². The first kappa shape index (κ1) is 16.0. The number of benzene rings is 1. The highest BCUT2D eigenvalue weighted by atomic mass is 16.5. The number of nitrogens with zero attached hydrogens (tertiary/aromatic N) is 3. The standard InChI is InChI=1S/C16H18N4O4/c1-24-13-3-2-11(16(22)23)6-10(13)4-5-20-9-19-14-12(21)7-17-8-18-15(14)20/h2-3,6,8-9,12,21H,4-5,7H2,1H3,(H,17,18)(H,22,23). The van der Waals surface area contributed by atoms with Gasteiger partial charge in [-0.2, -0.15) is 0 Å². The molecule has 1 aromatic heterocycles. The van der Waals surface area contributed by atoms with Gasteiger partial charge in [0.15, 0.2) is 0 Å². The predicted octanol–water partition coefficient (Wildman–Crippen LogP) is 1.32. The molecule has 1 aromatic carbocycles. The number of carboxylic acid groups (broad SMARTS) is 1. The number of aryl methyl sites for hydroxylation is 2. The zero-order chi connectivity index (χ0) is 17.1. The number of carbonyl (C=O) groups is 1. The smallest absolute Gasteiger partial charge is 0.335 e. The van der Waals surface area contributed by atoms with E-state index in [1.165, 1.54) is 6.07 Å². The van der Waals surface area contributed by atoms with Gasteiger partial charge in [0, 0.05) is 6.54 Å². The van der Waals surface area contributed by atoms with Crippen molar-refractivity contribution in [2.24, 2.45) is 4.99 Å². The molecular formula is C16H18N4O4. The van der Waals surface area contributed by atoms with Crippen LogP contribution < -0.4 is 10.1 Å². The summed E-state index contributed by atoms with van der Waals surface area (Å²) in [5, 5.41) is 22.2. The number of ether oxygens (including phenoxy) is 1. The van der Waals surface area contributed by atoms with E-state index in [4.69, 9.17) is 9.84 Å². The average molecular weight is 330 g/mol. The van der Waals surface area contributed by atoms with Gasteiger partial charge in [0.1, 0.15) is 23.4 Å². The van der Waals surface area contributed by atoms with E-state index < -0.39 is 12.1 Å². The minimum Gasteiger partial charge on any atom is -0.496 e. The molecule has 1 unspecified atom stereocenters. The summed E-state index contributed by atoms with van der Waals surface area (Å²) >= 11 is 0. The van der Waals surface area contributed by atoms with Crippen LogP contribution in [0.5, 0.6) is 5.75 Å². The molecule has 1 atom stereocenters. The highest BCUT2D eigenvalue weighted by Crippen LogP contribution is 2.25. The largest absolute Gasteiger partial charge is 0.496 e. The van der Waals surface area contributed by atoms with Crippen LogP contribution in [0.3, 0.4) is 0 Å². The third kappa shape index (κ3) is 3.09. The third-order valence-electron chi connectivity index (χ3n) is 3.90. The van der Waals surface area contributed by atoms with Crippen molar-refractivity contribution in [1.29, 1.82) is 0 Å². The number of rotatable bonds is 5. The molecule has 0 aliphatic carbocycles. The maximum Gasteiger partial charge on any atom is 0.335 e. The van der Waals surface area contributed by atoms with Crippen LogP contribution in [0.4, 0.5) is 5.82 Å². The lowest BCUT2D eigenvalue weighted by Gasteiger charge is -2.12. The van der Waals surface area contributed by atoms with E-state index in [2.05, 4.69) is 15.3 Å². The molecule has 0 radical (unpaired) electrons. The van der Waals surface area contributed by atoms with Gasteiger partial charge in [-0.05, 0) is 30.2 Å². The number of fused-ring (bicyclic) bond motifs is 1. The van der Waals surface area contributed by atoms with Gasteiger partial charge in [-0.15, -0.1) is 0 Å². The summed E-state index contributed by atoms with van der Waals surface area (Å²) in [6, 6.07) is 4.78. The molecule has 1 aliphatic rings. The van der Waals surface area contributed by atoms with E-state index in [0.29, 0.717) is 30.2 Å². The number of aromatic carboxylic acids is 1. The topological polar surface area (TPSA) is 109 Å². The molecule has 0 bridgehead atoms. The van der Waals surface area contributed by atoms with Gasteiger partial charge >= 0.3 is 5.97 Å². The van der Waals surface area contributed by atoms with Crippen molar-refractivity contribution in [1.82, 2.24) is 9.55 Å². The van der Waals surface area contributed by atoms with E-state index >= 15 is 0 Å². The Kier molecular flexibility index (Phi) is 4.48. The van der Waals surface area contributed by atoms with E-state index in [0.717, 1.165) is 5.56 Å². The van der Waals surface area contributed by atoms with Crippen molar-refractivity contribution in [2.75, 3.05) is 19.0 Å². The number of hydrogen-bond acceptors (Lipinski definition) is 6. The molecule has 0 amide bonds. The Morgan fingerprint density at radius 2 is 2.33 bits per heavy atom. The molecule has 0 spiro atoms. The highest BCUT2D eigenvalue weighted by Gasteiger charge is 2.20. The quantitative estimate of drug-likeness (QED) is 0.763. The first-order valence-electron chi connectivity index (χ1n) is 7.48. The molecule has 3 N–H and O–H groups in total. The molecule has 3 rings (SSSR count). The molecule has 2 heterocycles. The molecular weight excluding hydrogens is 312 g/mol. The van der Waals surface area contributed by atoms with Gasteiger partial charge in [0.25, 0.3) is 0 Å². The third-order valence-corrected chi connectivity index (χ3v) is 3.90. The normalized spacial score (nSPS) is 16.2. The second kappa shape index (κ2) is 6.71. The Morgan fingerprint density at radius 3 is 3.08 bits per heavy atom. The number of anilines is 1. The van der Waals surface area contributed by atoms with E-state index in [1.807, 2.05) is 4.57 Å². The Morgan fingerprint density at radius 1 is 1.50 bits per heavy atom. The molecule has 0 saturated heterocycles. The van der Waals surface area contributed by atoms with Crippen LogP contribution in [0.25, 0.3) is 0 Å². The average Bonchev–Trinajstić information content (AvgIpc) is 2.90. The summed E-state index contributed by atoms with van der Waals surface area (Å²) in [7, 11) is 1.55. The van der Waals surface area contributed by atoms with Gasteiger partial charge in [0.2, 0.25) is 0 Å². The van der Waals surface area contributed by atoms with E-state index in [1.54, 1.807) is 31.9 Å². The lowest BCUT2D eigenvalue weighted by Crippen LogP contribution is -2.09. The van der Waals surface area contributed by atoms with Crippen LogP contribution in [0, 0.1) is 0 Å². The zero-order valence-corrected chi connectivity index (χ0v) is 13.1. The van der Waals surface area contributed by atoms with Crippen molar-refractivity contribution in [2.45, 2.75) is 19.1 Å². The van der Waals surface area contributed by atoms with Crippen molar-refractivity contribution in [3.05, 3.63) is 41.3 Å². The van der Waals surface area contributed by atoms with Gasteiger partial charge in [-0.1, -0.05) is 0 Å². The van der Waals surface area contributed by atoms with Crippen LogP contribution in [0.1, 0.15) is 27.7 Å². The lowest BCUT2D eigenvalue weighted by molar-refractivity contribution is 0.0696. The molecule has 2 aromatic rings. The number of hydrogen-bond donors (Lipinski definition) is 3. The summed E-state index contributed by atoms with van der Waals surface area (Å²) in [4.78, 5) is 19.4. The molecule has 24 heavy (non-hydrogen) atoms. The SMILES string of the molecule is COc1ccc(C(=O)O)cc1CCn1cnc2c1NC=NCC2O. The monoisotopic (exact) mass is 330 g/mol. The van der Waals surface area contributed by atoms with Crippen molar-refractivity contribution < 1.29 is 19.7 Å². The van der Waals surface area contributed by atoms with Crippen LogP contribution in [0.15, 0.2) is 29.5 Å². The fourth-order valence-corrected chi connectivity index (χ4v) is 2.66. The summed E-state index contributed by atoms with van der Waals surface area (Å²) < 4.78 is 7.17. The number of aliphatic hydroxyl groups excluding tert-OH is 1. The van der Waals surface area contributed by atoms with Gasteiger partial charge in [-0.25, -0.2) is 9.78 Å². The fraction of sp³-hybridized carbons (Fsp3) is 0.312. The van der Waals surface area contributed by atoms with E-state index in [-0.39, 0.29) is 12.1 Å². The van der Waals surface area contributed by atoms with Gasteiger partial charge < -0.3 is 24.8 Å². The number of aliphatic imine (C=N–C) groups is 1. The predicted molar refractivity (Wildman–Crippen MR) is 87.8 cm³/mol. The summed E-state index contributed by atoms with van der Waals surface area (Å²) in [6.45, 7) is 0.820. The Hall–Kier alpha value is -2.87. The maximum atomic E-state index is 11.1. The van der Waals surface area contributed by atoms with E-state index in [9.17, 15) is 9.90 Å². The number of imidazole rings is 1. The minimum atomic E-state index is -0.976. The number of methoxy groups -OCH3 is 1. The van der Waals surface area contributed by atoms with Crippen LogP contribution in [0.2, 0.25) is 0 Å². The van der Waals surface area contributed by atoms with Crippen molar-refractivity contribution in [3.8, 4) is 5.75 Å². The number of nitrogens with one attached hydrogen (secondary N) is 1. The first-order valence-corrected chi connectivity index (χ1v) is 7.48. The molecule has 0 fully saturated rings. The fourth-order valence-electron chi connectivity index (χ4n) is 2.66. The summed E-state index contributed by atoms with van der Waals surface area (Å²) in [5.41, 5.74) is 1.57. The van der Waals surface area contributed by atoms with Gasteiger partial charge in [0.05, 0.1) is 31.9 Å². The molecule has 1 aliphatic heterocycles. The lowest BCUT2D eigenvalue weighted by atomic mass is 10.1. The number of carboxylic acids is 1. The molecule has 126 valence electrons. The van der Waals surface area contributed by atoms with Crippen LogP contribution in [-0.2, 0) is 13.0 Å². The first-order chi connectivity index (χ1) is 11.6.